The van der Waals surface area contributed by atoms with E-state index < -0.39 is 35.5 Å². The van der Waals surface area contributed by atoms with Crippen LogP contribution in [0.5, 0.6) is 11.5 Å². The number of carbonyl (C=O) groups excluding carboxylic acids is 3. The molecule has 0 spiro atoms. The summed E-state index contributed by atoms with van der Waals surface area (Å²) in [5.41, 5.74) is 1.25. The van der Waals surface area contributed by atoms with E-state index in [-0.39, 0.29) is 28.9 Å². The third-order valence-electron chi connectivity index (χ3n) is 6.40. The van der Waals surface area contributed by atoms with Crippen molar-refractivity contribution < 1.29 is 37.4 Å². The van der Waals surface area contributed by atoms with Gasteiger partial charge in [0.2, 0.25) is 5.75 Å². The minimum Gasteiger partial charge on any atom is -0.493 e. The van der Waals surface area contributed by atoms with Gasteiger partial charge < -0.3 is 19.5 Å². The lowest BCUT2D eigenvalue weighted by atomic mass is 9.97. The molecule has 0 aliphatic rings. The first kappa shape index (κ1) is 30.9. The normalized spacial score (nSPS) is 11.4. The molecule has 0 unspecified atom stereocenters. The molecule has 41 heavy (non-hydrogen) atoms. The van der Waals surface area contributed by atoms with Crippen molar-refractivity contribution in [2.75, 3.05) is 7.11 Å². The maximum atomic E-state index is 13.6. The van der Waals surface area contributed by atoms with Gasteiger partial charge in [0.15, 0.2) is 11.4 Å². The summed E-state index contributed by atoms with van der Waals surface area (Å²) in [6.45, 7) is 6.65. The van der Waals surface area contributed by atoms with E-state index in [4.69, 9.17) is 14.2 Å². The van der Waals surface area contributed by atoms with Crippen LogP contribution in [0.15, 0.2) is 66.6 Å². The number of hydrogen-bond donors (Lipinski definition) is 1. The standard InChI is InChI=1S/C31H32F2N2O6/c1-6-20(7-2)31(38)41-28-25(39-5)16-17-34-27(28)29(36)35-18(3)30(37)40-19(4)26(21-8-12-23(32)13-9-21)22-10-14-24(33)15-11-22/h8-18,20H,6-7H2,1-5H3,(H,35,36)/t18-/m0/s1. The number of esters is 2. The fourth-order valence-corrected chi connectivity index (χ4v) is 4.08. The topological polar surface area (TPSA) is 104 Å². The summed E-state index contributed by atoms with van der Waals surface area (Å²) in [5, 5.41) is 2.51. The Morgan fingerprint density at radius 2 is 1.41 bits per heavy atom. The number of amides is 1. The molecule has 1 atom stereocenters. The lowest BCUT2D eigenvalue weighted by Gasteiger charge is -2.18. The Morgan fingerprint density at radius 1 is 0.878 bits per heavy atom. The highest BCUT2D eigenvalue weighted by atomic mass is 19.1. The van der Waals surface area contributed by atoms with Gasteiger partial charge in [0, 0.05) is 17.8 Å². The Labute approximate surface area is 237 Å². The van der Waals surface area contributed by atoms with Crippen LogP contribution in [-0.4, -0.2) is 36.0 Å². The minimum atomic E-state index is -1.16. The maximum Gasteiger partial charge on any atom is 0.333 e. The third kappa shape index (κ3) is 7.75. The van der Waals surface area contributed by atoms with Gasteiger partial charge >= 0.3 is 11.9 Å². The van der Waals surface area contributed by atoms with E-state index in [1.807, 2.05) is 13.8 Å². The summed E-state index contributed by atoms with van der Waals surface area (Å²) >= 11 is 0. The smallest absolute Gasteiger partial charge is 0.333 e. The van der Waals surface area contributed by atoms with Crippen molar-refractivity contribution in [3.8, 4) is 11.5 Å². The van der Waals surface area contributed by atoms with Crippen molar-refractivity contribution in [1.29, 1.82) is 0 Å². The van der Waals surface area contributed by atoms with Crippen LogP contribution in [-0.2, 0) is 14.3 Å². The maximum absolute atomic E-state index is 13.6. The SMILES string of the molecule is CCC(CC)C(=O)Oc1c(OC)ccnc1C(=O)N[C@@H](C)C(=O)OC(C)=C(c1ccc(F)cc1)c1ccc(F)cc1. The first-order valence-corrected chi connectivity index (χ1v) is 13.1. The molecule has 0 aliphatic heterocycles. The molecule has 0 aliphatic carbocycles. The number of hydrogen-bond acceptors (Lipinski definition) is 7. The second-order valence-corrected chi connectivity index (χ2v) is 9.19. The van der Waals surface area contributed by atoms with Gasteiger partial charge in [-0.05, 0) is 62.1 Å². The molecule has 10 heteroatoms. The molecule has 1 aromatic heterocycles. The molecule has 0 bridgehead atoms. The van der Waals surface area contributed by atoms with E-state index in [1.54, 1.807) is 0 Å². The number of nitrogens with one attached hydrogen (secondary N) is 1. The predicted octanol–water partition coefficient (Wildman–Crippen LogP) is 5.85. The van der Waals surface area contributed by atoms with Crippen LogP contribution in [0.1, 0.15) is 62.2 Å². The molecule has 0 saturated carbocycles. The molecule has 0 fully saturated rings. The summed E-state index contributed by atoms with van der Waals surface area (Å²) < 4.78 is 43.5. The van der Waals surface area contributed by atoms with Gasteiger partial charge in [-0.2, -0.15) is 0 Å². The molecular weight excluding hydrogens is 534 g/mol. The minimum absolute atomic E-state index is 0.127. The summed E-state index contributed by atoms with van der Waals surface area (Å²) in [6, 6.07) is 11.4. The zero-order chi connectivity index (χ0) is 30.1. The zero-order valence-electron chi connectivity index (χ0n) is 23.5. The first-order valence-electron chi connectivity index (χ1n) is 13.1. The van der Waals surface area contributed by atoms with Crippen LogP contribution in [0.2, 0.25) is 0 Å². The highest BCUT2D eigenvalue weighted by Gasteiger charge is 2.27. The molecule has 0 saturated heterocycles. The average molecular weight is 567 g/mol. The average Bonchev–Trinajstić information content (AvgIpc) is 2.95. The Balaban J connectivity index is 1.85. The highest BCUT2D eigenvalue weighted by Crippen LogP contribution is 2.31. The fourth-order valence-electron chi connectivity index (χ4n) is 4.08. The van der Waals surface area contributed by atoms with E-state index in [1.165, 1.54) is 81.8 Å². The van der Waals surface area contributed by atoms with Crippen molar-refractivity contribution in [3.63, 3.8) is 0 Å². The summed E-state index contributed by atoms with van der Waals surface area (Å²) in [5.74, 6) is -3.29. The van der Waals surface area contributed by atoms with E-state index in [0.29, 0.717) is 29.5 Å². The van der Waals surface area contributed by atoms with Crippen LogP contribution >= 0.6 is 0 Å². The Kier molecular flexibility index (Phi) is 10.7. The van der Waals surface area contributed by atoms with Gasteiger partial charge in [-0.3, -0.25) is 9.59 Å². The number of ether oxygens (including phenoxy) is 3. The number of pyridine rings is 1. The lowest BCUT2D eigenvalue weighted by Crippen LogP contribution is -2.40. The number of rotatable bonds is 11. The Hall–Kier alpha value is -4.60. The van der Waals surface area contributed by atoms with E-state index in [2.05, 4.69) is 10.3 Å². The van der Waals surface area contributed by atoms with Crippen LogP contribution in [0.25, 0.3) is 5.57 Å². The molecule has 8 nitrogen and oxygen atoms in total. The predicted molar refractivity (Wildman–Crippen MR) is 148 cm³/mol. The molecule has 0 radical (unpaired) electrons. The number of aromatic nitrogens is 1. The molecule has 2 aromatic carbocycles. The summed E-state index contributed by atoms with van der Waals surface area (Å²) in [7, 11) is 1.36. The molecule has 3 rings (SSSR count). The highest BCUT2D eigenvalue weighted by molar-refractivity contribution is 5.99. The molecule has 1 heterocycles. The summed E-state index contributed by atoms with van der Waals surface area (Å²) in [4.78, 5) is 42.9. The second kappa shape index (κ2) is 14.2. The number of halogens is 2. The van der Waals surface area contributed by atoms with E-state index in [0.717, 1.165) is 0 Å². The second-order valence-electron chi connectivity index (χ2n) is 9.19. The Bertz CT molecular complexity index is 1370. The van der Waals surface area contributed by atoms with Crippen molar-refractivity contribution >= 4 is 23.4 Å². The number of nitrogens with zero attached hydrogens (tertiary/aromatic N) is 1. The van der Waals surface area contributed by atoms with Crippen molar-refractivity contribution in [2.45, 2.75) is 46.6 Å². The van der Waals surface area contributed by atoms with Crippen molar-refractivity contribution in [2.24, 2.45) is 5.92 Å². The van der Waals surface area contributed by atoms with Gasteiger partial charge in [-0.25, -0.2) is 18.6 Å². The largest absolute Gasteiger partial charge is 0.493 e. The Morgan fingerprint density at radius 3 is 1.90 bits per heavy atom. The van der Waals surface area contributed by atoms with Crippen LogP contribution in [0, 0.1) is 17.6 Å². The molecular formula is C31H32F2N2O6. The molecule has 1 N–H and O–H groups in total. The van der Waals surface area contributed by atoms with E-state index in [9.17, 15) is 23.2 Å². The van der Waals surface area contributed by atoms with Gasteiger partial charge in [-0.15, -0.1) is 0 Å². The van der Waals surface area contributed by atoms with Crippen LogP contribution < -0.4 is 14.8 Å². The summed E-state index contributed by atoms with van der Waals surface area (Å²) in [6.07, 6.45) is 2.41. The van der Waals surface area contributed by atoms with E-state index >= 15 is 0 Å². The zero-order valence-corrected chi connectivity index (χ0v) is 23.5. The molecule has 216 valence electrons. The molecule has 1 amide bonds. The van der Waals surface area contributed by atoms with Gasteiger partial charge in [0.05, 0.1) is 13.0 Å². The van der Waals surface area contributed by atoms with Gasteiger partial charge in [0.1, 0.15) is 23.4 Å². The first-order chi connectivity index (χ1) is 19.6. The monoisotopic (exact) mass is 566 g/mol. The lowest BCUT2D eigenvalue weighted by molar-refractivity contribution is -0.141. The number of methoxy groups -OCH3 is 1. The molecule has 3 aromatic rings. The quantitative estimate of drug-likeness (QED) is 0.229. The number of carbonyl (C=O) groups is 3. The number of allylic oxidation sites excluding steroid dienone is 1. The fraction of sp³-hybridized carbons (Fsp3) is 0.290. The van der Waals surface area contributed by atoms with Gasteiger partial charge in [0.25, 0.3) is 5.91 Å². The van der Waals surface area contributed by atoms with Crippen LogP contribution in [0.3, 0.4) is 0 Å². The number of benzene rings is 2. The third-order valence-corrected chi connectivity index (χ3v) is 6.40. The van der Waals surface area contributed by atoms with Crippen molar-refractivity contribution in [3.05, 3.63) is 95.0 Å². The van der Waals surface area contributed by atoms with Gasteiger partial charge in [-0.1, -0.05) is 38.1 Å². The van der Waals surface area contributed by atoms with Crippen LogP contribution in [0.4, 0.5) is 8.78 Å². The van der Waals surface area contributed by atoms with Crippen molar-refractivity contribution in [1.82, 2.24) is 10.3 Å².